The number of carbonyl (C=O) groups is 1. The third kappa shape index (κ3) is 15.4. The molecule has 0 rings (SSSR count). The molecule has 0 aliphatic heterocycles. The first-order valence-corrected chi connectivity index (χ1v) is 7.50. The summed E-state index contributed by atoms with van der Waals surface area (Å²) in [5.74, 6) is 0. The number of aldehydes is 1. The summed E-state index contributed by atoms with van der Waals surface area (Å²) in [5.41, 5.74) is 0. The zero-order valence-corrected chi connectivity index (χ0v) is 11.6. The van der Waals surface area contributed by atoms with Gasteiger partial charge in [0, 0.05) is 6.42 Å². The molecule has 1 heteroatoms. The van der Waals surface area contributed by atoms with Gasteiger partial charge in [-0.05, 0) is 25.7 Å². The Kier molecular flexibility index (Phi) is 14.9. The van der Waals surface area contributed by atoms with Crippen LogP contribution in [0.15, 0.2) is 12.2 Å². The maximum Gasteiger partial charge on any atom is 0.119 e. The van der Waals surface area contributed by atoms with E-state index in [-0.39, 0.29) is 0 Å². The normalized spacial score (nSPS) is 11.1. The Morgan fingerprint density at radius 2 is 1.12 bits per heavy atom. The summed E-state index contributed by atoms with van der Waals surface area (Å²) in [6.45, 7) is 2.22. The van der Waals surface area contributed by atoms with Gasteiger partial charge in [-0.25, -0.2) is 0 Å². The van der Waals surface area contributed by atoms with Crippen LogP contribution in [0.1, 0.15) is 84.0 Å². The van der Waals surface area contributed by atoms with Gasteiger partial charge in [-0.2, -0.15) is 0 Å². The molecule has 0 aliphatic rings. The summed E-state index contributed by atoms with van der Waals surface area (Å²) < 4.78 is 0. The summed E-state index contributed by atoms with van der Waals surface area (Å²) in [5, 5.41) is 0. The van der Waals surface area contributed by atoms with Crippen molar-refractivity contribution in [2.75, 3.05) is 0 Å². The van der Waals surface area contributed by atoms with Gasteiger partial charge in [0.1, 0.15) is 6.29 Å². The SMILES string of the molecule is CCC/C=C\CCCCCCCCCCC=O. The van der Waals surface area contributed by atoms with Gasteiger partial charge in [0.15, 0.2) is 0 Å². The molecule has 0 atom stereocenters. The van der Waals surface area contributed by atoms with Crippen LogP contribution in [-0.4, -0.2) is 6.29 Å². The van der Waals surface area contributed by atoms with Crippen LogP contribution in [0.5, 0.6) is 0 Å². The molecule has 1 nitrogen and oxygen atoms in total. The van der Waals surface area contributed by atoms with E-state index in [2.05, 4.69) is 19.1 Å². The van der Waals surface area contributed by atoms with Crippen molar-refractivity contribution in [2.24, 2.45) is 0 Å². The predicted octanol–water partition coefficient (Wildman–Crippen LogP) is 5.44. The highest BCUT2D eigenvalue weighted by atomic mass is 16.1. The fourth-order valence-electron chi connectivity index (χ4n) is 1.95. The Balaban J connectivity index is 2.96. The second kappa shape index (κ2) is 15.4. The molecule has 0 heterocycles. The Labute approximate surface area is 108 Å². The second-order valence-corrected chi connectivity index (χ2v) is 4.83. The number of carbonyl (C=O) groups excluding carboxylic acids is 1. The molecule has 0 aromatic rings. The van der Waals surface area contributed by atoms with Gasteiger partial charge in [0.25, 0.3) is 0 Å². The smallest absolute Gasteiger partial charge is 0.119 e. The molecule has 0 radical (unpaired) electrons. The first kappa shape index (κ1) is 16.4. The van der Waals surface area contributed by atoms with E-state index in [0.29, 0.717) is 0 Å². The molecule has 0 aromatic heterocycles. The lowest BCUT2D eigenvalue weighted by atomic mass is 10.1. The Bertz CT molecular complexity index is 172. The molecule has 0 spiro atoms. The van der Waals surface area contributed by atoms with E-state index >= 15 is 0 Å². The minimum atomic E-state index is 0.754. The lowest BCUT2D eigenvalue weighted by molar-refractivity contribution is -0.107. The maximum absolute atomic E-state index is 10.1. The van der Waals surface area contributed by atoms with E-state index in [1.807, 2.05) is 0 Å². The Morgan fingerprint density at radius 1 is 0.647 bits per heavy atom. The van der Waals surface area contributed by atoms with Crippen LogP contribution in [0.25, 0.3) is 0 Å². The van der Waals surface area contributed by atoms with Crippen LogP contribution in [-0.2, 0) is 4.79 Å². The van der Waals surface area contributed by atoms with E-state index in [1.54, 1.807) is 0 Å². The topological polar surface area (TPSA) is 17.1 Å². The molecule has 0 amide bonds. The van der Waals surface area contributed by atoms with Crippen LogP contribution in [0.2, 0.25) is 0 Å². The molecule has 0 N–H and O–H groups in total. The maximum atomic E-state index is 10.1. The molecule has 0 unspecified atom stereocenters. The van der Waals surface area contributed by atoms with Gasteiger partial charge >= 0.3 is 0 Å². The molecule has 0 aliphatic carbocycles. The van der Waals surface area contributed by atoms with E-state index < -0.39 is 0 Å². The molecule has 0 bridgehead atoms. The summed E-state index contributed by atoms with van der Waals surface area (Å²) in [4.78, 5) is 10.1. The van der Waals surface area contributed by atoms with Crippen LogP contribution < -0.4 is 0 Å². The van der Waals surface area contributed by atoms with Crippen LogP contribution in [0, 0.1) is 0 Å². The first-order chi connectivity index (χ1) is 8.41. The lowest BCUT2D eigenvalue weighted by Gasteiger charge is -2.00. The van der Waals surface area contributed by atoms with E-state index in [0.717, 1.165) is 19.1 Å². The highest BCUT2D eigenvalue weighted by Crippen LogP contribution is 2.10. The van der Waals surface area contributed by atoms with Gasteiger partial charge in [0.2, 0.25) is 0 Å². The van der Waals surface area contributed by atoms with E-state index in [9.17, 15) is 4.79 Å². The third-order valence-electron chi connectivity index (χ3n) is 3.06. The van der Waals surface area contributed by atoms with E-state index in [4.69, 9.17) is 0 Å². The average molecular weight is 238 g/mol. The fourth-order valence-corrected chi connectivity index (χ4v) is 1.95. The number of allylic oxidation sites excluding steroid dienone is 2. The van der Waals surface area contributed by atoms with Crippen molar-refractivity contribution in [2.45, 2.75) is 84.0 Å². The lowest BCUT2D eigenvalue weighted by Crippen LogP contribution is -1.82. The largest absolute Gasteiger partial charge is 0.303 e. The van der Waals surface area contributed by atoms with Crippen molar-refractivity contribution < 1.29 is 4.79 Å². The monoisotopic (exact) mass is 238 g/mol. The zero-order chi connectivity index (χ0) is 12.6. The molecule has 0 aromatic carbocycles. The molecule has 0 saturated carbocycles. The fraction of sp³-hybridized carbons (Fsp3) is 0.812. The minimum Gasteiger partial charge on any atom is -0.303 e. The van der Waals surface area contributed by atoms with Crippen LogP contribution >= 0.6 is 0 Å². The predicted molar refractivity (Wildman–Crippen MR) is 76.3 cm³/mol. The van der Waals surface area contributed by atoms with Gasteiger partial charge in [0.05, 0.1) is 0 Å². The van der Waals surface area contributed by atoms with Gasteiger partial charge in [-0.1, -0.05) is 64.0 Å². The van der Waals surface area contributed by atoms with Crippen molar-refractivity contribution in [3.63, 3.8) is 0 Å². The average Bonchev–Trinajstić information content (AvgIpc) is 2.35. The minimum absolute atomic E-state index is 0.754. The number of unbranched alkanes of at least 4 members (excludes halogenated alkanes) is 10. The standard InChI is InChI=1S/C16H30O/c1-2-3-4-5-6-7-8-9-10-11-12-13-14-15-16-17/h4-5,16H,2-3,6-15H2,1H3/b5-4-. The van der Waals surface area contributed by atoms with Crippen molar-refractivity contribution in [1.82, 2.24) is 0 Å². The number of rotatable bonds is 13. The van der Waals surface area contributed by atoms with Crippen molar-refractivity contribution >= 4 is 6.29 Å². The van der Waals surface area contributed by atoms with Crippen molar-refractivity contribution in [1.29, 1.82) is 0 Å². The molecule has 17 heavy (non-hydrogen) atoms. The third-order valence-corrected chi connectivity index (χ3v) is 3.06. The molecule has 0 saturated heterocycles. The Hall–Kier alpha value is -0.590. The van der Waals surface area contributed by atoms with Gasteiger partial charge in [-0.15, -0.1) is 0 Å². The summed E-state index contributed by atoms with van der Waals surface area (Å²) in [6.07, 6.45) is 20.7. The summed E-state index contributed by atoms with van der Waals surface area (Å²) in [6, 6.07) is 0. The Morgan fingerprint density at radius 3 is 1.65 bits per heavy atom. The molecule has 100 valence electrons. The van der Waals surface area contributed by atoms with Crippen LogP contribution in [0.4, 0.5) is 0 Å². The summed E-state index contributed by atoms with van der Waals surface area (Å²) >= 11 is 0. The van der Waals surface area contributed by atoms with Crippen molar-refractivity contribution in [3.8, 4) is 0 Å². The number of hydrogen-bond donors (Lipinski definition) is 0. The quantitative estimate of drug-likeness (QED) is 0.237. The first-order valence-electron chi connectivity index (χ1n) is 7.50. The summed E-state index contributed by atoms with van der Waals surface area (Å²) in [7, 11) is 0. The molecular weight excluding hydrogens is 208 g/mol. The van der Waals surface area contributed by atoms with E-state index in [1.165, 1.54) is 64.2 Å². The molecule has 0 fully saturated rings. The zero-order valence-electron chi connectivity index (χ0n) is 11.6. The molecular formula is C16H30O. The van der Waals surface area contributed by atoms with Crippen LogP contribution in [0.3, 0.4) is 0 Å². The highest BCUT2D eigenvalue weighted by molar-refractivity contribution is 5.48. The van der Waals surface area contributed by atoms with Gasteiger partial charge < -0.3 is 4.79 Å². The number of hydrogen-bond acceptors (Lipinski definition) is 1. The second-order valence-electron chi connectivity index (χ2n) is 4.83. The van der Waals surface area contributed by atoms with Gasteiger partial charge in [-0.3, -0.25) is 0 Å². The van der Waals surface area contributed by atoms with Crippen molar-refractivity contribution in [3.05, 3.63) is 12.2 Å². The highest BCUT2D eigenvalue weighted by Gasteiger charge is 1.91.